The zero-order chi connectivity index (χ0) is 13.7. The summed E-state index contributed by atoms with van der Waals surface area (Å²) < 4.78 is 17.7. The highest BCUT2D eigenvalue weighted by molar-refractivity contribution is 7.98. The maximum atomic E-state index is 12.8. The highest BCUT2D eigenvalue weighted by Crippen LogP contribution is 2.18. The van der Waals surface area contributed by atoms with Gasteiger partial charge in [0, 0.05) is 18.9 Å². The molecule has 0 amide bonds. The Labute approximate surface area is 114 Å². The van der Waals surface area contributed by atoms with Crippen LogP contribution in [0.1, 0.15) is 11.3 Å². The maximum absolute atomic E-state index is 12.8. The number of hydrogen-bond donors (Lipinski definition) is 1. The second-order valence-corrected chi connectivity index (χ2v) is 4.85. The molecule has 0 aliphatic carbocycles. The number of aromatic amines is 1. The summed E-state index contributed by atoms with van der Waals surface area (Å²) in [5, 5.41) is 0.531. The van der Waals surface area contributed by atoms with E-state index in [1.165, 1.54) is 30.0 Å². The monoisotopic (exact) mass is 280 g/mol. The summed E-state index contributed by atoms with van der Waals surface area (Å²) >= 11 is 1.39. The van der Waals surface area contributed by atoms with Gasteiger partial charge in [0.1, 0.15) is 5.82 Å². The number of rotatable bonds is 5. The zero-order valence-corrected chi connectivity index (χ0v) is 11.2. The predicted molar refractivity (Wildman–Crippen MR) is 71.5 cm³/mol. The average Bonchev–Trinajstić information content (AvgIpc) is 2.38. The molecule has 0 spiro atoms. The number of nitrogens with one attached hydrogen (secondary N) is 1. The molecule has 0 radical (unpaired) electrons. The van der Waals surface area contributed by atoms with Crippen LogP contribution in [0, 0.1) is 5.82 Å². The van der Waals surface area contributed by atoms with Crippen LogP contribution in [-0.4, -0.2) is 17.1 Å². The quantitative estimate of drug-likeness (QED) is 0.674. The van der Waals surface area contributed by atoms with Crippen LogP contribution in [0.4, 0.5) is 4.39 Å². The summed E-state index contributed by atoms with van der Waals surface area (Å²) in [6, 6.07) is 7.64. The molecule has 0 saturated heterocycles. The van der Waals surface area contributed by atoms with Crippen molar-refractivity contribution in [3.05, 3.63) is 57.8 Å². The number of methoxy groups -OCH3 is 1. The molecule has 2 rings (SSSR count). The highest BCUT2D eigenvalue weighted by atomic mass is 32.2. The highest BCUT2D eigenvalue weighted by Gasteiger charge is 2.03. The van der Waals surface area contributed by atoms with Gasteiger partial charge in [0.15, 0.2) is 5.16 Å². The van der Waals surface area contributed by atoms with Gasteiger partial charge in [-0.25, -0.2) is 9.37 Å². The lowest BCUT2D eigenvalue weighted by atomic mass is 10.2. The van der Waals surface area contributed by atoms with E-state index in [2.05, 4.69) is 9.97 Å². The van der Waals surface area contributed by atoms with Gasteiger partial charge in [0.2, 0.25) is 0 Å². The summed E-state index contributed by atoms with van der Waals surface area (Å²) in [7, 11) is 1.55. The van der Waals surface area contributed by atoms with Gasteiger partial charge in [0.05, 0.1) is 12.3 Å². The molecule has 0 unspecified atom stereocenters. The van der Waals surface area contributed by atoms with Crippen molar-refractivity contribution in [2.75, 3.05) is 7.11 Å². The van der Waals surface area contributed by atoms with Crippen LogP contribution < -0.4 is 5.56 Å². The van der Waals surface area contributed by atoms with Crippen molar-refractivity contribution in [2.45, 2.75) is 17.5 Å². The fourth-order valence-electron chi connectivity index (χ4n) is 1.51. The Morgan fingerprint density at radius 3 is 2.79 bits per heavy atom. The fraction of sp³-hybridized carbons (Fsp3) is 0.231. The number of ether oxygens (including phenoxy) is 1. The molecule has 0 bridgehead atoms. The molecule has 4 nitrogen and oxygen atoms in total. The number of aromatic nitrogens is 2. The second-order valence-electron chi connectivity index (χ2n) is 3.89. The number of hydrogen-bond acceptors (Lipinski definition) is 4. The van der Waals surface area contributed by atoms with E-state index in [0.29, 0.717) is 23.2 Å². The largest absolute Gasteiger partial charge is 0.378 e. The Morgan fingerprint density at radius 1 is 1.37 bits per heavy atom. The van der Waals surface area contributed by atoms with Crippen LogP contribution >= 0.6 is 11.8 Å². The topological polar surface area (TPSA) is 55.0 Å². The molecule has 1 aromatic heterocycles. The van der Waals surface area contributed by atoms with E-state index in [9.17, 15) is 9.18 Å². The van der Waals surface area contributed by atoms with Crippen LogP contribution in [0.25, 0.3) is 0 Å². The van der Waals surface area contributed by atoms with Gasteiger partial charge < -0.3 is 9.72 Å². The van der Waals surface area contributed by atoms with Gasteiger partial charge >= 0.3 is 0 Å². The molecule has 100 valence electrons. The Balaban J connectivity index is 2.06. The first-order chi connectivity index (χ1) is 9.17. The van der Waals surface area contributed by atoms with Gasteiger partial charge in [-0.05, 0) is 17.7 Å². The predicted octanol–water partition coefficient (Wildman–Crippen LogP) is 2.35. The minimum Gasteiger partial charge on any atom is -0.378 e. The number of nitrogens with zero attached hydrogens (tertiary/aromatic N) is 1. The van der Waals surface area contributed by atoms with Crippen molar-refractivity contribution >= 4 is 11.8 Å². The van der Waals surface area contributed by atoms with Crippen LogP contribution in [-0.2, 0) is 17.1 Å². The standard InChI is InChI=1S/C13H13FN2O2S/c1-18-7-11-6-12(17)16-13(15-11)19-8-9-2-4-10(14)5-3-9/h2-6H,7-8H2,1H3,(H,15,16,17). The molecule has 1 N–H and O–H groups in total. The van der Waals surface area contributed by atoms with Crippen molar-refractivity contribution in [2.24, 2.45) is 0 Å². The molecule has 19 heavy (non-hydrogen) atoms. The molecule has 0 aliphatic heterocycles. The first-order valence-electron chi connectivity index (χ1n) is 5.64. The lowest BCUT2D eigenvalue weighted by molar-refractivity contribution is 0.180. The van der Waals surface area contributed by atoms with Gasteiger partial charge in [-0.1, -0.05) is 23.9 Å². The third kappa shape index (κ3) is 4.18. The molecule has 0 fully saturated rings. The molecule has 1 heterocycles. The minimum atomic E-state index is -0.262. The molecule has 0 atom stereocenters. The van der Waals surface area contributed by atoms with Crippen molar-refractivity contribution in [3.63, 3.8) is 0 Å². The van der Waals surface area contributed by atoms with E-state index in [-0.39, 0.29) is 11.4 Å². The summed E-state index contributed by atoms with van der Waals surface area (Å²) in [6.45, 7) is 0.300. The van der Waals surface area contributed by atoms with E-state index in [1.807, 2.05) is 0 Å². The van der Waals surface area contributed by atoms with E-state index in [4.69, 9.17) is 4.74 Å². The minimum absolute atomic E-state index is 0.205. The summed E-state index contributed by atoms with van der Waals surface area (Å²) in [5.74, 6) is 0.349. The lowest BCUT2D eigenvalue weighted by Gasteiger charge is -2.03. The number of benzene rings is 1. The Kier molecular flexibility index (Phi) is 4.70. The van der Waals surface area contributed by atoms with E-state index < -0.39 is 0 Å². The third-order valence-electron chi connectivity index (χ3n) is 2.35. The summed E-state index contributed by atoms with van der Waals surface area (Å²) in [4.78, 5) is 18.3. The maximum Gasteiger partial charge on any atom is 0.251 e. The molecule has 6 heteroatoms. The third-order valence-corrected chi connectivity index (χ3v) is 3.30. The van der Waals surface area contributed by atoms with Gasteiger partial charge in [-0.15, -0.1) is 0 Å². The number of thioether (sulfide) groups is 1. The first-order valence-corrected chi connectivity index (χ1v) is 6.62. The van der Waals surface area contributed by atoms with Gasteiger partial charge in [0.25, 0.3) is 5.56 Å². The van der Waals surface area contributed by atoms with Crippen LogP contribution in [0.3, 0.4) is 0 Å². The van der Waals surface area contributed by atoms with E-state index in [1.54, 1.807) is 19.2 Å². The molecule has 0 saturated carbocycles. The van der Waals surface area contributed by atoms with Crippen molar-refractivity contribution in [1.29, 1.82) is 0 Å². The first kappa shape index (κ1) is 13.8. The molecular formula is C13H13FN2O2S. The Bertz CT molecular complexity index is 598. The average molecular weight is 280 g/mol. The molecule has 2 aromatic rings. The smallest absolute Gasteiger partial charge is 0.251 e. The van der Waals surface area contributed by atoms with Crippen LogP contribution in [0.15, 0.2) is 40.3 Å². The summed E-state index contributed by atoms with van der Waals surface area (Å²) in [6.07, 6.45) is 0. The molecular weight excluding hydrogens is 267 g/mol. The van der Waals surface area contributed by atoms with Gasteiger partial charge in [-0.3, -0.25) is 4.79 Å². The number of H-pyrrole nitrogens is 1. The van der Waals surface area contributed by atoms with E-state index >= 15 is 0 Å². The van der Waals surface area contributed by atoms with E-state index in [0.717, 1.165) is 5.56 Å². The van der Waals surface area contributed by atoms with Gasteiger partial charge in [-0.2, -0.15) is 0 Å². The molecule has 1 aromatic carbocycles. The van der Waals surface area contributed by atoms with Crippen LogP contribution in [0.2, 0.25) is 0 Å². The lowest BCUT2D eigenvalue weighted by Crippen LogP contribution is -2.10. The SMILES string of the molecule is COCc1cc(=O)[nH]c(SCc2ccc(F)cc2)n1. The van der Waals surface area contributed by atoms with Crippen molar-refractivity contribution in [3.8, 4) is 0 Å². The zero-order valence-electron chi connectivity index (χ0n) is 10.4. The second kappa shape index (κ2) is 6.49. The van der Waals surface area contributed by atoms with Crippen LogP contribution in [0.5, 0.6) is 0 Å². The van der Waals surface area contributed by atoms with Crippen molar-refractivity contribution in [1.82, 2.24) is 9.97 Å². The fourth-order valence-corrected chi connectivity index (χ4v) is 2.36. The normalized spacial score (nSPS) is 10.6. The Morgan fingerprint density at radius 2 is 2.11 bits per heavy atom. The number of halogens is 1. The molecule has 0 aliphatic rings. The summed E-state index contributed by atoms with van der Waals surface area (Å²) in [5.41, 5.74) is 1.35. The van der Waals surface area contributed by atoms with Crippen molar-refractivity contribution < 1.29 is 9.13 Å². The Hall–Kier alpha value is -1.66.